The second kappa shape index (κ2) is 6.39. The summed E-state index contributed by atoms with van der Waals surface area (Å²) in [6.07, 6.45) is 5.46. The van der Waals surface area contributed by atoms with Crippen molar-refractivity contribution in [3.05, 3.63) is 16.3 Å². The molecule has 0 spiro atoms. The van der Waals surface area contributed by atoms with Crippen molar-refractivity contribution in [1.29, 1.82) is 0 Å². The number of aromatic nitrogens is 4. The molecular weight excluding hydrogens is 296 g/mol. The van der Waals surface area contributed by atoms with Crippen molar-refractivity contribution in [2.75, 3.05) is 5.43 Å². The van der Waals surface area contributed by atoms with E-state index in [1.807, 2.05) is 6.92 Å². The van der Waals surface area contributed by atoms with Crippen LogP contribution in [0.3, 0.4) is 0 Å². The number of fused-ring (bicyclic) bond motifs is 1. The Morgan fingerprint density at radius 3 is 2.74 bits per heavy atom. The van der Waals surface area contributed by atoms with Gasteiger partial charge in [-0.15, -0.1) is 0 Å². The molecule has 0 aliphatic heterocycles. The summed E-state index contributed by atoms with van der Waals surface area (Å²) in [5.41, 5.74) is 6.07. The fourth-order valence-electron chi connectivity index (χ4n) is 3.10. The molecule has 0 radical (unpaired) electrons. The van der Waals surface area contributed by atoms with Gasteiger partial charge in [-0.2, -0.15) is 4.98 Å². The molecule has 1 amide bonds. The number of aromatic amines is 1. The Kier molecular flexibility index (Phi) is 4.31. The number of amides is 1. The van der Waals surface area contributed by atoms with E-state index in [1.165, 1.54) is 19.8 Å². The summed E-state index contributed by atoms with van der Waals surface area (Å²) in [7, 11) is 0. The van der Waals surface area contributed by atoms with E-state index in [4.69, 9.17) is 0 Å². The highest BCUT2D eigenvalue weighted by atomic mass is 16.2. The zero-order valence-corrected chi connectivity index (χ0v) is 13.5. The lowest BCUT2D eigenvalue weighted by Gasteiger charge is -2.09. The number of aryl methyl sites for hydroxylation is 1. The second-order valence-corrected chi connectivity index (χ2v) is 6.00. The first-order chi connectivity index (χ1) is 11.1. The van der Waals surface area contributed by atoms with E-state index in [1.54, 1.807) is 4.57 Å². The van der Waals surface area contributed by atoms with Crippen molar-refractivity contribution in [3.8, 4) is 0 Å². The third-order valence-corrected chi connectivity index (χ3v) is 4.18. The molecule has 1 aliphatic carbocycles. The number of imidazole rings is 1. The molecule has 0 saturated heterocycles. The Labute approximate surface area is 133 Å². The highest BCUT2D eigenvalue weighted by molar-refractivity contribution is 5.84. The van der Waals surface area contributed by atoms with Crippen LogP contribution in [0.1, 0.15) is 57.7 Å². The summed E-state index contributed by atoms with van der Waals surface area (Å²) < 4.78 is 1.59. The van der Waals surface area contributed by atoms with Gasteiger partial charge in [-0.25, -0.2) is 9.78 Å². The molecule has 8 heteroatoms. The Balaban J connectivity index is 2.09. The lowest BCUT2D eigenvalue weighted by atomic mass is 10.1. The molecule has 2 heterocycles. The van der Waals surface area contributed by atoms with Crippen LogP contribution in [0.4, 0.5) is 5.82 Å². The van der Waals surface area contributed by atoms with Crippen LogP contribution >= 0.6 is 0 Å². The first kappa shape index (κ1) is 15.5. The summed E-state index contributed by atoms with van der Waals surface area (Å²) >= 11 is 0. The van der Waals surface area contributed by atoms with Crippen LogP contribution in [0, 0.1) is 0 Å². The van der Waals surface area contributed by atoms with Gasteiger partial charge in [0.25, 0.3) is 0 Å². The summed E-state index contributed by atoms with van der Waals surface area (Å²) in [5.74, 6) is 1.36. The van der Waals surface area contributed by atoms with Crippen LogP contribution in [0.2, 0.25) is 0 Å². The third kappa shape index (κ3) is 3.06. The quantitative estimate of drug-likeness (QED) is 0.727. The third-order valence-electron chi connectivity index (χ3n) is 4.18. The number of carbonyl (C=O) groups is 1. The van der Waals surface area contributed by atoms with Gasteiger partial charge in [0.15, 0.2) is 11.5 Å². The Hall–Kier alpha value is -2.38. The van der Waals surface area contributed by atoms with Crippen LogP contribution in [0.25, 0.3) is 11.2 Å². The average Bonchev–Trinajstić information content (AvgIpc) is 3.16. The number of nitrogens with one attached hydrogen (secondary N) is 3. The maximum Gasteiger partial charge on any atom is 0.351 e. The molecule has 0 bridgehead atoms. The topological polar surface area (TPSA) is 105 Å². The van der Waals surface area contributed by atoms with E-state index < -0.39 is 0 Å². The van der Waals surface area contributed by atoms with E-state index in [2.05, 4.69) is 25.8 Å². The van der Waals surface area contributed by atoms with E-state index in [0.717, 1.165) is 25.1 Å². The minimum Gasteiger partial charge on any atom is -0.337 e. The first-order valence-corrected chi connectivity index (χ1v) is 8.13. The zero-order chi connectivity index (χ0) is 16.4. The number of nitrogens with zero attached hydrogens (tertiary/aromatic N) is 3. The predicted molar refractivity (Wildman–Crippen MR) is 87.1 cm³/mol. The molecule has 1 saturated carbocycles. The molecule has 3 N–H and O–H groups in total. The van der Waals surface area contributed by atoms with Gasteiger partial charge >= 0.3 is 5.69 Å². The van der Waals surface area contributed by atoms with Crippen LogP contribution in [-0.4, -0.2) is 25.4 Å². The predicted octanol–water partition coefficient (Wildman–Crippen LogP) is 1.65. The molecule has 2 aromatic heterocycles. The Morgan fingerprint density at radius 2 is 2.09 bits per heavy atom. The molecular formula is C15H22N6O2. The minimum atomic E-state index is -0.364. The number of hydrazine groups is 1. The van der Waals surface area contributed by atoms with Crippen LogP contribution in [0.15, 0.2) is 4.79 Å². The van der Waals surface area contributed by atoms with Gasteiger partial charge in [-0.3, -0.25) is 20.2 Å². The summed E-state index contributed by atoms with van der Waals surface area (Å²) in [6.45, 7) is 3.96. The molecule has 8 nitrogen and oxygen atoms in total. The lowest BCUT2D eigenvalue weighted by molar-refractivity contribution is -0.118. The SMILES string of the molecule is CCCn1c(=O)nc(NNC(C)=O)c2[nH]c(C3CCCC3)nc21. The van der Waals surface area contributed by atoms with Gasteiger partial charge in [0.05, 0.1) is 0 Å². The smallest absolute Gasteiger partial charge is 0.337 e. The standard InChI is InChI=1S/C15H22N6O2/c1-3-8-21-14-11(13(18-15(21)23)20-19-9(2)22)16-12(17-14)10-6-4-5-7-10/h10H,3-8H2,1-2H3,(H,16,17)(H,19,22)(H,18,20,23). The molecule has 1 aliphatic rings. The molecule has 3 rings (SSSR count). The summed E-state index contributed by atoms with van der Waals surface area (Å²) in [5, 5.41) is 0. The average molecular weight is 318 g/mol. The maximum atomic E-state index is 12.3. The van der Waals surface area contributed by atoms with Crippen LogP contribution < -0.4 is 16.5 Å². The Morgan fingerprint density at radius 1 is 1.35 bits per heavy atom. The number of hydrogen-bond acceptors (Lipinski definition) is 5. The van der Waals surface area contributed by atoms with Crippen molar-refractivity contribution in [1.82, 2.24) is 24.9 Å². The number of carbonyl (C=O) groups excluding carboxylic acids is 1. The lowest BCUT2D eigenvalue weighted by Crippen LogP contribution is -2.31. The highest BCUT2D eigenvalue weighted by Crippen LogP contribution is 2.33. The molecule has 0 unspecified atom stereocenters. The first-order valence-electron chi connectivity index (χ1n) is 8.13. The largest absolute Gasteiger partial charge is 0.351 e. The van der Waals surface area contributed by atoms with Gasteiger partial charge < -0.3 is 4.98 Å². The Bertz CT molecular complexity index is 772. The van der Waals surface area contributed by atoms with Crippen molar-refractivity contribution in [2.24, 2.45) is 0 Å². The fraction of sp³-hybridized carbons (Fsp3) is 0.600. The highest BCUT2D eigenvalue weighted by Gasteiger charge is 2.23. The molecule has 1 fully saturated rings. The minimum absolute atomic E-state index is 0.256. The van der Waals surface area contributed by atoms with E-state index >= 15 is 0 Å². The van der Waals surface area contributed by atoms with E-state index in [9.17, 15) is 9.59 Å². The molecule has 124 valence electrons. The van der Waals surface area contributed by atoms with E-state index in [0.29, 0.717) is 29.4 Å². The van der Waals surface area contributed by atoms with Gasteiger partial charge in [0.2, 0.25) is 5.91 Å². The van der Waals surface area contributed by atoms with Gasteiger partial charge in [0, 0.05) is 19.4 Å². The second-order valence-electron chi connectivity index (χ2n) is 6.00. The summed E-state index contributed by atoms with van der Waals surface area (Å²) in [4.78, 5) is 35.4. The number of anilines is 1. The van der Waals surface area contributed by atoms with Crippen molar-refractivity contribution < 1.29 is 4.79 Å². The number of hydrogen-bond donors (Lipinski definition) is 3. The number of H-pyrrole nitrogens is 1. The molecule has 0 aromatic carbocycles. The van der Waals surface area contributed by atoms with Crippen LogP contribution in [-0.2, 0) is 11.3 Å². The molecule has 23 heavy (non-hydrogen) atoms. The number of rotatable bonds is 5. The van der Waals surface area contributed by atoms with E-state index in [-0.39, 0.29) is 11.6 Å². The maximum absolute atomic E-state index is 12.3. The van der Waals surface area contributed by atoms with Crippen molar-refractivity contribution in [2.45, 2.75) is 58.4 Å². The zero-order valence-electron chi connectivity index (χ0n) is 13.5. The molecule has 2 aromatic rings. The van der Waals surface area contributed by atoms with Crippen molar-refractivity contribution >= 4 is 22.9 Å². The van der Waals surface area contributed by atoms with Crippen molar-refractivity contribution in [3.63, 3.8) is 0 Å². The normalized spacial score (nSPS) is 15.2. The van der Waals surface area contributed by atoms with Gasteiger partial charge in [0.1, 0.15) is 11.3 Å². The summed E-state index contributed by atoms with van der Waals surface area (Å²) in [6, 6.07) is 0. The van der Waals surface area contributed by atoms with Gasteiger partial charge in [-0.05, 0) is 19.3 Å². The monoisotopic (exact) mass is 318 g/mol. The van der Waals surface area contributed by atoms with Gasteiger partial charge in [-0.1, -0.05) is 19.8 Å². The molecule has 0 atom stereocenters. The fourth-order valence-corrected chi connectivity index (χ4v) is 3.10. The van der Waals surface area contributed by atoms with Crippen LogP contribution in [0.5, 0.6) is 0 Å².